The molecule has 1 aliphatic heterocycles. The molecule has 82 valence electrons. The molecule has 3 rings (SSSR count). The topological polar surface area (TPSA) is 50.9 Å². The van der Waals surface area contributed by atoms with Gasteiger partial charge in [0, 0.05) is 11.8 Å². The Hall–Kier alpha value is -1.49. The van der Waals surface area contributed by atoms with Crippen molar-refractivity contribution in [2.24, 2.45) is 0 Å². The van der Waals surface area contributed by atoms with Crippen LogP contribution in [0.25, 0.3) is 11.4 Å². The summed E-state index contributed by atoms with van der Waals surface area (Å²) in [6.07, 6.45) is 0. The molecule has 5 heteroatoms. The molecule has 1 atom stereocenters. The first-order valence-electron chi connectivity index (χ1n) is 5.14. The molecule has 0 saturated heterocycles. The lowest BCUT2D eigenvalue weighted by Crippen LogP contribution is -2.02. The molecule has 1 aromatic carbocycles. The van der Waals surface area contributed by atoms with Gasteiger partial charge in [0.1, 0.15) is 5.75 Å². The van der Waals surface area contributed by atoms with Crippen molar-refractivity contribution < 1.29 is 5.11 Å². The minimum Gasteiger partial charge on any atom is -0.507 e. The summed E-state index contributed by atoms with van der Waals surface area (Å²) in [7, 11) is 0. The number of phenolic OH excluding ortho intramolecular Hbond substituents is 1. The molecule has 0 spiro atoms. The van der Waals surface area contributed by atoms with Crippen LogP contribution in [0.2, 0.25) is 0 Å². The SMILES string of the molecule is C[C@H]1Cn2c(nnc2-c2ccccc2O)S1. The van der Waals surface area contributed by atoms with Crippen LogP contribution in [0.4, 0.5) is 0 Å². The molecular weight excluding hydrogens is 222 g/mol. The van der Waals surface area contributed by atoms with Crippen molar-refractivity contribution in [3.63, 3.8) is 0 Å². The van der Waals surface area contributed by atoms with Gasteiger partial charge in [-0.2, -0.15) is 0 Å². The number of rotatable bonds is 1. The minimum atomic E-state index is 0.252. The maximum atomic E-state index is 9.79. The van der Waals surface area contributed by atoms with Gasteiger partial charge < -0.3 is 9.67 Å². The van der Waals surface area contributed by atoms with E-state index in [1.807, 2.05) is 12.1 Å². The maximum absolute atomic E-state index is 9.79. The molecule has 0 saturated carbocycles. The zero-order valence-corrected chi connectivity index (χ0v) is 9.61. The first-order valence-corrected chi connectivity index (χ1v) is 6.02. The van der Waals surface area contributed by atoms with Crippen LogP contribution in [0.3, 0.4) is 0 Å². The zero-order valence-electron chi connectivity index (χ0n) is 8.79. The van der Waals surface area contributed by atoms with Gasteiger partial charge in [0.05, 0.1) is 5.56 Å². The quantitative estimate of drug-likeness (QED) is 0.820. The number of aromatic hydroxyl groups is 1. The molecule has 4 nitrogen and oxygen atoms in total. The molecule has 1 aliphatic rings. The fraction of sp³-hybridized carbons (Fsp3) is 0.273. The van der Waals surface area contributed by atoms with Gasteiger partial charge in [-0.3, -0.25) is 0 Å². The summed E-state index contributed by atoms with van der Waals surface area (Å²) in [6, 6.07) is 7.22. The molecule has 1 aromatic heterocycles. The average Bonchev–Trinajstić information content (AvgIpc) is 2.78. The molecule has 16 heavy (non-hydrogen) atoms. The van der Waals surface area contributed by atoms with Gasteiger partial charge in [0.25, 0.3) is 0 Å². The highest BCUT2D eigenvalue weighted by Crippen LogP contribution is 2.36. The lowest BCUT2D eigenvalue weighted by atomic mass is 10.2. The molecular formula is C11H11N3OS. The molecule has 0 fully saturated rings. The zero-order chi connectivity index (χ0) is 11.1. The largest absolute Gasteiger partial charge is 0.507 e. The Kier molecular flexibility index (Phi) is 2.14. The lowest BCUT2D eigenvalue weighted by Gasteiger charge is -2.05. The van der Waals surface area contributed by atoms with Gasteiger partial charge in [0.15, 0.2) is 11.0 Å². The van der Waals surface area contributed by atoms with E-state index >= 15 is 0 Å². The Labute approximate surface area is 97.3 Å². The summed E-state index contributed by atoms with van der Waals surface area (Å²) in [4.78, 5) is 0. The Morgan fingerprint density at radius 2 is 2.19 bits per heavy atom. The van der Waals surface area contributed by atoms with Crippen molar-refractivity contribution >= 4 is 11.8 Å². The van der Waals surface area contributed by atoms with Crippen LogP contribution < -0.4 is 0 Å². The minimum absolute atomic E-state index is 0.252. The number of nitrogens with zero attached hydrogens (tertiary/aromatic N) is 3. The predicted molar refractivity (Wildman–Crippen MR) is 62.4 cm³/mol. The Morgan fingerprint density at radius 1 is 1.38 bits per heavy atom. The van der Waals surface area contributed by atoms with Crippen molar-refractivity contribution in [1.29, 1.82) is 0 Å². The molecule has 0 radical (unpaired) electrons. The monoisotopic (exact) mass is 233 g/mol. The standard InChI is InChI=1S/C11H11N3OS/c1-7-6-14-10(12-13-11(14)16-7)8-4-2-3-5-9(8)15/h2-5,7,15H,6H2,1H3/t7-/m0/s1. The Balaban J connectivity index is 2.12. The third-order valence-electron chi connectivity index (χ3n) is 2.61. The third-order valence-corrected chi connectivity index (χ3v) is 3.67. The van der Waals surface area contributed by atoms with Gasteiger partial charge in [-0.25, -0.2) is 0 Å². The van der Waals surface area contributed by atoms with Crippen molar-refractivity contribution in [3.05, 3.63) is 24.3 Å². The maximum Gasteiger partial charge on any atom is 0.191 e. The smallest absolute Gasteiger partial charge is 0.191 e. The van der Waals surface area contributed by atoms with E-state index in [-0.39, 0.29) is 5.75 Å². The van der Waals surface area contributed by atoms with Gasteiger partial charge >= 0.3 is 0 Å². The van der Waals surface area contributed by atoms with Crippen LogP contribution in [0.15, 0.2) is 29.4 Å². The highest BCUT2D eigenvalue weighted by molar-refractivity contribution is 7.99. The molecule has 0 unspecified atom stereocenters. The highest BCUT2D eigenvalue weighted by Gasteiger charge is 2.25. The number of benzene rings is 1. The summed E-state index contributed by atoms with van der Waals surface area (Å²) < 4.78 is 2.06. The number of hydrogen-bond donors (Lipinski definition) is 1. The second-order valence-corrected chi connectivity index (χ2v) is 5.27. The highest BCUT2D eigenvalue weighted by atomic mass is 32.2. The first-order chi connectivity index (χ1) is 7.75. The summed E-state index contributed by atoms with van der Waals surface area (Å²) in [6.45, 7) is 3.06. The number of aromatic nitrogens is 3. The van der Waals surface area contributed by atoms with Gasteiger partial charge in [-0.15, -0.1) is 10.2 Å². The average molecular weight is 233 g/mol. The molecule has 2 aromatic rings. The fourth-order valence-electron chi connectivity index (χ4n) is 1.88. The molecule has 0 bridgehead atoms. The van der Waals surface area contributed by atoms with Gasteiger partial charge in [0.2, 0.25) is 0 Å². The van der Waals surface area contributed by atoms with E-state index in [0.29, 0.717) is 5.25 Å². The van der Waals surface area contributed by atoms with Crippen molar-refractivity contribution in [2.45, 2.75) is 23.9 Å². The number of phenols is 1. The van der Waals surface area contributed by atoms with Crippen molar-refractivity contribution in [3.8, 4) is 17.1 Å². The van der Waals surface area contributed by atoms with E-state index in [1.54, 1.807) is 23.9 Å². The number of hydrogen-bond acceptors (Lipinski definition) is 4. The Bertz CT molecular complexity index is 538. The molecule has 2 heterocycles. The van der Waals surface area contributed by atoms with Crippen molar-refractivity contribution in [2.75, 3.05) is 0 Å². The number of para-hydroxylation sites is 1. The van der Waals surface area contributed by atoms with E-state index < -0.39 is 0 Å². The normalized spacial score (nSPS) is 18.7. The van der Waals surface area contributed by atoms with Crippen LogP contribution in [0.1, 0.15) is 6.92 Å². The van der Waals surface area contributed by atoms with Crippen molar-refractivity contribution in [1.82, 2.24) is 14.8 Å². The van der Waals surface area contributed by atoms with Crippen LogP contribution in [0, 0.1) is 0 Å². The predicted octanol–water partition coefficient (Wildman–Crippen LogP) is 2.14. The van der Waals surface area contributed by atoms with Gasteiger partial charge in [-0.05, 0) is 12.1 Å². The number of fused-ring (bicyclic) bond motifs is 1. The molecule has 1 N–H and O–H groups in total. The van der Waals surface area contributed by atoms with E-state index in [9.17, 15) is 5.11 Å². The van der Waals surface area contributed by atoms with E-state index in [4.69, 9.17) is 0 Å². The molecule has 0 amide bonds. The van der Waals surface area contributed by atoms with Crippen LogP contribution in [-0.4, -0.2) is 25.1 Å². The fourth-order valence-corrected chi connectivity index (χ4v) is 2.84. The molecule has 0 aliphatic carbocycles. The summed E-state index contributed by atoms with van der Waals surface area (Å²) >= 11 is 1.72. The van der Waals surface area contributed by atoms with Crippen LogP contribution >= 0.6 is 11.8 Å². The van der Waals surface area contributed by atoms with E-state index in [1.165, 1.54) is 0 Å². The second kappa shape index (κ2) is 3.52. The first kappa shape index (κ1) is 9.72. The summed E-state index contributed by atoms with van der Waals surface area (Å²) in [5, 5.41) is 19.5. The third kappa shape index (κ3) is 1.39. The van der Waals surface area contributed by atoms with Crippen LogP contribution in [-0.2, 0) is 6.54 Å². The summed E-state index contributed by atoms with van der Waals surface area (Å²) in [5.41, 5.74) is 0.746. The van der Waals surface area contributed by atoms with Crippen LogP contribution in [0.5, 0.6) is 5.75 Å². The van der Waals surface area contributed by atoms with E-state index in [0.717, 1.165) is 23.1 Å². The van der Waals surface area contributed by atoms with Gasteiger partial charge in [-0.1, -0.05) is 30.8 Å². The Morgan fingerprint density at radius 3 is 3.00 bits per heavy atom. The summed E-state index contributed by atoms with van der Waals surface area (Å²) in [5.74, 6) is 1.01. The lowest BCUT2D eigenvalue weighted by molar-refractivity contribution is 0.476. The second-order valence-electron chi connectivity index (χ2n) is 3.86. The van der Waals surface area contributed by atoms with E-state index in [2.05, 4.69) is 21.7 Å². The number of thioether (sulfide) groups is 1.